The summed E-state index contributed by atoms with van der Waals surface area (Å²) >= 11 is 0. The Kier molecular flexibility index (Phi) is 3.05. The van der Waals surface area contributed by atoms with Gasteiger partial charge in [0.1, 0.15) is 30.2 Å². The van der Waals surface area contributed by atoms with Gasteiger partial charge in [0.2, 0.25) is 0 Å². The first kappa shape index (κ1) is 13.2. The predicted octanol–water partition coefficient (Wildman–Crippen LogP) is -1.59. The first-order chi connectivity index (χ1) is 9.50. The van der Waals surface area contributed by atoms with E-state index >= 15 is 0 Å². The molecule has 2 aromatic heterocycles. The van der Waals surface area contributed by atoms with E-state index in [0.717, 1.165) is 0 Å². The summed E-state index contributed by atoms with van der Waals surface area (Å²) < 4.78 is 6.97. The number of anilines is 1. The van der Waals surface area contributed by atoms with Crippen molar-refractivity contribution < 1.29 is 20.1 Å². The van der Waals surface area contributed by atoms with Crippen LogP contribution in [0.15, 0.2) is 12.7 Å². The van der Waals surface area contributed by atoms with Gasteiger partial charge in [0.15, 0.2) is 17.7 Å². The third-order valence-corrected chi connectivity index (χ3v) is 3.41. The molecule has 0 amide bonds. The molecule has 5 atom stereocenters. The maximum Gasteiger partial charge on any atom is 0.167 e. The lowest BCUT2D eigenvalue weighted by atomic mass is 10.1. The number of aromatic nitrogens is 4. The quantitative estimate of drug-likeness (QED) is 0.516. The van der Waals surface area contributed by atoms with Crippen LogP contribution < -0.4 is 5.73 Å². The van der Waals surface area contributed by atoms with Crippen LogP contribution in [0.5, 0.6) is 0 Å². The van der Waals surface area contributed by atoms with Gasteiger partial charge in [-0.2, -0.15) is 0 Å². The predicted molar refractivity (Wildman–Crippen MR) is 67.3 cm³/mol. The number of imidazole rings is 1. The van der Waals surface area contributed by atoms with E-state index in [4.69, 9.17) is 10.5 Å². The number of aliphatic hydroxyl groups excluding tert-OH is 3. The van der Waals surface area contributed by atoms with Crippen LogP contribution in [-0.4, -0.2) is 59.3 Å². The Bertz CT molecular complexity index is 630. The molecule has 0 saturated carbocycles. The molecule has 20 heavy (non-hydrogen) atoms. The summed E-state index contributed by atoms with van der Waals surface area (Å²) in [6.45, 7) is 1.48. The number of nitrogen functional groups attached to an aromatic ring is 1. The third kappa shape index (κ3) is 1.83. The molecular weight excluding hydrogens is 266 g/mol. The molecule has 0 aromatic carbocycles. The number of aliphatic hydroxyl groups is 3. The molecule has 0 aliphatic carbocycles. The Labute approximate surface area is 113 Å². The van der Waals surface area contributed by atoms with Crippen LogP contribution in [0.3, 0.4) is 0 Å². The van der Waals surface area contributed by atoms with Gasteiger partial charge < -0.3 is 25.8 Å². The number of rotatable bonds is 2. The van der Waals surface area contributed by atoms with Crippen LogP contribution in [0, 0.1) is 0 Å². The molecule has 0 spiro atoms. The number of hydrogen-bond acceptors (Lipinski definition) is 8. The molecule has 2 aromatic rings. The van der Waals surface area contributed by atoms with Gasteiger partial charge in [-0.25, -0.2) is 15.0 Å². The van der Waals surface area contributed by atoms with E-state index in [1.54, 1.807) is 0 Å². The van der Waals surface area contributed by atoms with Crippen molar-refractivity contribution in [3.63, 3.8) is 0 Å². The molecule has 1 saturated heterocycles. The van der Waals surface area contributed by atoms with Gasteiger partial charge in [-0.1, -0.05) is 0 Å². The second kappa shape index (κ2) is 4.63. The van der Waals surface area contributed by atoms with Gasteiger partial charge in [-0.15, -0.1) is 0 Å². The minimum atomic E-state index is -1.21. The molecule has 1 aliphatic heterocycles. The molecule has 9 nitrogen and oxygen atoms in total. The maximum absolute atomic E-state index is 10.1. The van der Waals surface area contributed by atoms with E-state index in [1.165, 1.54) is 24.1 Å². The Balaban J connectivity index is 2.02. The lowest BCUT2D eigenvalue weighted by Gasteiger charge is -2.17. The number of fused-ring (bicyclic) bond motifs is 1. The van der Waals surface area contributed by atoms with Crippen molar-refractivity contribution in [2.24, 2.45) is 0 Å². The van der Waals surface area contributed by atoms with Crippen molar-refractivity contribution in [2.75, 3.05) is 5.73 Å². The lowest BCUT2D eigenvalue weighted by molar-refractivity contribution is -0.0777. The Morgan fingerprint density at radius 1 is 1.30 bits per heavy atom. The summed E-state index contributed by atoms with van der Waals surface area (Å²) in [5.74, 6) is 0.217. The topological polar surface area (TPSA) is 140 Å². The largest absolute Gasteiger partial charge is 0.391 e. The second-order valence-corrected chi connectivity index (χ2v) is 4.80. The minimum Gasteiger partial charge on any atom is -0.391 e. The average molecular weight is 281 g/mol. The molecule has 9 heteroatoms. The van der Waals surface area contributed by atoms with Crippen LogP contribution in [-0.2, 0) is 4.74 Å². The van der Waals surface area contributed by atoms with Crippen LogP contribution in [0.2, 0.25) is 0 Å². The van der Waals surface area contributed by atoms with E-state index in [9.17, 15) is 15.3 Å². The second-order valence-electron chi connectivity index (χ2n) is 4.80. The van der Waals surface area contributed by atoms with E-state index in [1.807, 2.05) is 0 Å². The Morgan fingerprint density at radius 3 is 2.70 bits per heavy atom. The third-order valence-electron chi connectivity index (χ3n) is 3.41. The van der Waals surface area contributed by atoms with Gasteiger partial charge in [-0.05, 0) is 6.92 Å². The summed E-state index contributed by atoms with van der Waals surface area (Å²) in [7, 11) is 0. The fourth-order valence-electron chi connectivity index (χ4n) is 2.37. The zero-order valence-corrected chi connectivity index (χ0v) is 10.7. The summed E-state index contributed by atoms with van der Waals surface area (Å²) in [5.41, 5.74) is 6.46. The standard InChI is InChI=1S/C11H15N5O4/c1-4(17)8-6(18)7(19)11(20-8)16-3-15-5-9(12)13-2-14-10(5)16/h2-4,6-8,11,17-19H,1H3,(H2,12,13,14)/t4-,6-,7+,8-,11+/m1/s1. The highest BCUT2D eigenvalue weighted by molar-refractivity contribution is 5.81. The molecule has 5 N–H and O–H groups in total. The van der Waals surface area contributed by atoms with Crippen molar-refractivity contribution in [1.29, 1.82) is 0 Å². The molecule has 1 aliphatic rings. The number of hydrogen-bond donors (Lipinski definition) is 4. The molecule has 0 bridgehead atoms. The summed E-state index contributed by atoms with van der Waals surface area (Å²) in [4.78, 5) is 11.9. The van der Waals surface area contributed by atoms with Crippen LogP contribution in [0.4, 0.5) is 5.82 Å². The van der Waals surface area contributed by atoms with E-state index in [0.29, 0.717) is 11.2 Å². The fourth-order valence-corrected chi connectivity index (χ4v) is 2.37. The molecule has 3 heterocycles. The molecule has 0 radical (unpaired) electrons. The normalized spacial score (nSPS) is 31.8. The van der Waals surface area contributed by atoms with E-state index in [-0.39, 0.29) is 5.82 Å². The number of nitrogens with two attached hydrogens (primary N) is 1. The molecule has 3 rings (SSSR count). The summed E-state index contributed by atoms with van der Waals surface area (Å²) in [5, 5.41) is 29.5. The zero-order valence-electron chi connectivity index (χ0n) is 10.7. The smallest absolute Gasteiger partial charge is 0.167 e. The van der Waals surface area contributed by atoms with Crippen molar-refractivity contribution in [3.05, 3.63) is 12.7 Å². The zero-order chi connectivity index (χ0) is 14.4. The van der Waals surface area contributed by atoms with Crippen molar-refractivity contribution in [2.45, 2.75) is 37.6 Å². The number of nitrogens with zero attached hydrogens (tertiary/aromatic N) is 4. The molecule has 108 valence electrons. The summed E-state index contributed by atoms with van der Waals surface area (Å²) in [6.07, 6.45) is -2.42. The van der Waals surface area contributed by atoms with Crippen LogP contribution >= 0.6 is 0 Å². The average Bonchev–Trinajstić information content (AvgIpc) is 2.94. The highest BCUT2D eigenvalue weighted by atomic mass is 16.6. The minimum absolute atomic E-state index is 0.217. The highest BCUT2D eigenvalue weighted by Gasteiger charge is 2.46. The van der Waals surface area contributed by atoms with Gasteiger partial charge in [0, 0.05) is 0 Å². The molecule has 1 fully saturated rings. The van der Waals surface area contributed by atoms with Gasteiger partial charge in [0.25, 0.3) is 0 Å². The number of ether oxygens (including phenoxy) is 1. The molecular formula is C11H15N5O4. The Morgan fingerprint density at radius 2 is 2.05 bits per heavy atom. The van der Waals surface area contributed by atoms with Crippen LogP contribution in [0.25, 0.3) is 11.2 Å². The van der Waals surface area contributed by atoms with Gasteiger partial charge in [-0.3, -0.25) is 4.57 Å². The fraction of sp³-hybridized carbons (Fsp3) is 0.545. The van der Waals surface area contributed by atoms with Crippen molar-refractivity contribution >= 4 is 17.0 Å². The van der Waals surface area contributed by atoms with Crippen LogP contribution in [0.1, 0.15) is 13.2 Å². The lowest BCUT2D eigenvalue weighted by Crippen LogP contribution is -2.37. The highest BCUT2D eigenvalue weighted by Crippen LogP contribution is 2.33. The maximum atomic E-state index is 10.1. The SMILES string of the molecule is C[C@@H](O)[C@H]1O[C@H](n2cnc3c(N)ncnc32)[C@@H](O)[C@H]1O. The summed E-state index contributed by atoms with van der Waals surface area (Å²) in [6, 6.07) is 0. The molecule has 0 unspecified atom stereocenters. The Hall–Kier alpha value is -1.81. The van der Waals surface area contributed by atoms with E-state index in [2.05, 4.69) is 15.0 Å². The first-order valence-corrected chi connectivity index (χ1v) is 6.13. The van der Waals surface area contributed by atoms with E-state index < -0.39 is 30.6 Å². The van der Waals surface area contributed by atoms with Gasteiger partial charge in [0.05, 0.1) is 12.4 Å². The first-order valence-electron chi connectivity index (χ1n) is 6.13. The monoisotopic (exact) mass is 281 g/mol. The van der Waals surface area contributed by atoms with Gasteiger partial charge >= 0.3 is 0 Å². The van der Waals surface area contributed by atoms with Crippen molar-refractivity contribution in [3.8, 4) is 0 Å². The van der Waals surface area contributed by atoms with Crippen molar-refractivity contribution in [1.82, 2.24) is 19.5 Å².